The number of aromatic amines is 1. The van der Waals surface area contributed by atoms with E-state index in [1.165, 1.54) is 0 Å². The fourth-order valence-electron chi connectivity index (χ4n) is 3.42. The Morgan fingerprint density at radius 1 is 1.22 bits per heavy atom. The number of rotatable bonds is 5. The lowest BCUT2D eigenvalue weighted by atomic mass is 10.1. The fraction of sp³-hybridized carbons (Fsp3) is 0.333. The summed E-state index contributed by atoms with van der Waals surface area (Å²) in [4.78, 5) is 30.0. The molecule has 1 saturated heterocycles. The minimum absolute atomic E-state index is 0.00529. The highest BCUT2D eigenvalue weighted by atomic mass is 19.4. The van der Waals surface area contributed by atoms with Gasteiger partial charge in [-0.3, -0.25) is 9.59 Å². The van der Waals surface area contributed by atoms with Gasteiger partial charge in [-0.2, -0.15) is 18.3 Å². The van der Waals surface area contributed by atoms with Crippen molar-refractivity contribution in [3.8, 4) is 5.88 Å². The molecular formula is C21H19F3N4O4. The lowest BCUT2D eigenvalue weighted by molar-refractivity contribution is -0.139. The molecule has 8 nitrogen and oxygen atoms in total. The summed E-state index contributed by atoms with van der Waals surface area (Å²) in [6, 6.07) is 8.95. The molecule has 32 heavy (non-hydrogen) atoms. The van der Waals surface area contributed by atoms with Gasteiger partial charge >= 0.3 is 6.18 Å². The number of H-pyrrole nitrogens is 1. The van der Waals surface area contributed by atoms with Crippen LogP contribution in [-0.2, 0) is 22.1 Å². The van der Waals surface area contributed by atoms with Crippen molar-refractivity contribution in [2.24, 2.45) is 0 Å². The maximum absolute atomic E-state index is 12.8. The van der Waals surface area contributed by atoms with Gasteiger partial charge in [0.15, 0.2) is 0 Å². The minimum atomic E-state index is -4.47. The molecule has 1 fully saturated rings. The van der Waals surface area contributed by atoms with Gasteiger partial charge in [-0.25, -0.2) is 10.1 Å². The van der Waals surface area contributed by atoms with Crippen LogP contribution in [0.1, 0.15) is 11.3 Å². The smallest absolute Gasteiger partial charge is 0.417 e. The van der Waals surface area contributed by atoms with Crippen molar-refractivity contribution in [3.05, 3.63) is 64.2 Å². The van der Waals surface area contributed by atoms with E-state index in [4.69, 9.17) is 9.47 Å². The second-order valence-electron chi connectivity index (χ2n) is 7.25. The Kier molecular flexibility index (Phi) is 6.08. The van der Waals surface area contributed by atoms with Crippen molar-refractivity contribution in [3.63, 3.8) is 0 Å². The number of nitrogens with zero attached hydrogens (tertiary/aromatic N) is 3. The highest BCUT2D eigenvalue weighted by molar-refractivity contribution is 5.88. The van der Waals surface area contributed by atoms with Crippen LogP contribution in [0.3, 0.4) is 0 Å². The van der Waals surface area contributed by atoms with Crippen molar-refractivity contribution in [2.75, 3.05) is 26.3 Å². The number of benzene rings is 1. The number of nitrogens with one attached hydrogen (secondary N) is 1. The van der Waals surface area contributed by atoms with E-state index in [0.29, 0.717) is 35.8 Å². The Hall–Kier alpha value is -3.47. The van der Waals surface area contributed by atoms with Gasteiger partial charge in [0.05, 0.1) is 36.2 Å². The molecule has 1 aliphatic heterocycles. The van der Waals surface area contributed by atoms with Gasteiger partial charge in [0.25, 0.3) is 5.56 Å². The van der Waals surface area contributed by atoms with Crippen molar-refractivity contribution < 1.29 is 27.4 Å². The first-order chi connectivity index (χ1) is 15.3. The van der Waals surface area contributed by atoms with Gasteiger partial charge in [-0.15, -0.1) is 0 Å². The first-order valence-electron chi connectivity index (χ1n) is 9.83. The van der Waals surface area contributed by atoms with Gasteiger partial charge in [0.2, 0.25) is 11.8 Å². The van der Waals surface area contributed by atoms with Crippen molar-refractivity contribution in [1.29, 1.82) is 0 Å². The third-order valence-corrected chi connectivity index (χ3v) is 5.07. The van der Waals surface area contributed by atoms with Crippen molar-refractivity contribution in [2.45, 2.75) is 18.7 Å². The quantitative estimate of drug-likeness (QED) is 0.643. The highest BCUT2D eigenvalue weighted by Gasteiger charge is 2.31. The van der Waals surface area contributed by atoms with E-state index in [1.54, 1.807) is 29.2 Å². The first kappa shape index (κ1) is 21.8. The van der Waals surface area contributed by atoms with E-state index in [2.05, 4.69) is 15.2 Å². The zero-order valence-corrected chi connectivity index (χ0v) is 16.8. The molecular weight excluding hydrogens is 429 g/mol. The summed E-state index contributed by atoms with van der Waals surface area (Å²) in [6.45, 7) is 0.956. The summed E-state index contributed by atoms with van der Waals surface area (Å²) in [5, 5.41) is 7.52. The molecule has 0 bridgehead atoms. The number of pyridine rings is 1. The van der Waals surface area contributed by atoms with E-state index < -0.39 is 17.8 Å². The number of hydrogen-bond donors (Lipinski definition) is 1. The maximum atomic E-state index is 12.8. The molecule has 0 aliphatic carbocycles. The SMILES string of the molecule is O=C(Cc1n[nH]c(=O)c2ccccc12)N1CCOC(COc2ccc(C(F)(F)F)cn2)C1. The maximum Gasteiger partial charge on any atom is 0.417 e. The van der Waals surface area contributed by atoms with E-state index >= 15 is 0 Å². The molecule has 2 aromatic heterocycles. The zero-order valence-electron chi connectivity index (χ0n) is 16.8. The molecule has 0 saturated carbocycles. The molecule has 1 unspecified atom stereocenters. The molecule has 0 spiro atoms. The fourth-order valence-corrected chi connectivity index (χ4v) is 3.42. The third kappa shape index (κ3) is 4.88. The number of fused-ring (bicyclic) bond motifs is 1. The van der Waals surface area contributed by atoms with Crippen LogP contribution in [0, 0.1) is 0 Å². The summed E-state index contributed by atoms with van der Waals surface area (Å²) >= 11 is 0. The normalized spacial score (nSPS) is 16.8. The van der Waals surface area contributed by atoms with Crippen LogP contribution in [0.25, 0.3) is 10.8 Å². The molecule has 3 heterocycles. The van der Waals surface area contributed by atoms with Crippen LogP contribution in [0.2, 0.25) is 0 Å². The number of amides is 1. The molecule has 1 aliphatic rings. The topological polar surface area (TPSA) is 97.4 Å². The van der Waals surface area contributed by atoms with Gasteiger partial charge in [0.1, 0.15) is 12.7 Å². The van der Waals surface area contributed by atoms with E-state index in [1.807, 2.05) is 0 Å². The van der Waals surface area contributed by atoms with Crippen LogP contribution >= 0.6 is 0 Å². The Bertz CT molecular complexity index is 1160. The monoisotopic (exact) mass is 448 g/mol. The summed E-state index contributed by atoms with van der Waals surface area (Å²) in [6.07, 6.45) is -4.22. The summed E-state index contributed by atoms with van der Waals surface area (Å²) in [5.74, 6) is -0.149. The predicted octanol–water partition coefficient (Wildman–Crippen LogP) is 2.19. The molecule has 1 amide bonds. The van der Waals surface area contributed by atoms with Gasteiger partial charge in [-0.1, -0.05) is 18.2 Å². The standard InChI is InChI=1S/C21H19F3N4O4/c22-21(23,24)13-5-6-18(25-10-13)32-12-14-11-28(7-8-31-14)19(29)9-17-15-3-1-2-4-16(15)20(30)27-26-17/h1-6,10,14H,7-9,11-12H2,(H,27,30). The lowest BCUT2D eigenvalue weighted by Crippen LogP contribution is -2.48. The lowest BCUT2D eigenvalue weighted by Gasteiger charge is -2.32. The number of halogens is 3. The van der Waals surface area contributed by atoms with E-state index in [0.717, 1.165) is 12.1 Å². The van der Waals surface area contributed by atoms with E-state index in [-0.39, 0.29) is 36.9 Å². The highest BCUT2D eigenvalue weighted by Crippen LogP contribution is 2.29. The van der Waals surface area contributed by atoms with Crippen molar-refractivity contribution >= 4 is 16.7 Å². The molecule has 3 aromatic rings. The van der Waals surface area contributed by atoms with Crippen LogP contribution in [0.15, 0.2) is 47.4 Å². The number of alkyl halides is 3. The Morgan fingerprint density at radius 2 is 2.00 bits per heavy atom. The minimum Gasteiger partial charge on any atom is -0.475 e. The second-order valence-corrected chi connectivity index (χ2v) is 7.25. The van der Waals surface area contributed by atoms with E-state index in [9.17, 15) is 22.8 Å². The molecule has 1 atom stereocenters. The number of carbonyl (C=O) groups is 1. The van der Waals surface area contributed by atoms with Crippen LogP contribution in [-0.4, -0.2) is 58.4 Å². The van der Waals surface area contributed by atoms with Gasteiger partial charge in [0, 0.05) is 24.2 Å². The van der Waals surface area contributed by atoms with Gasteiger partial charge < -0.3 is 14.4 Å². The zero-order chi connectivity index (χ0) is 22.7. The number of carbonyl (C=O) groups excluding carboxylic acids is 1. The number of aromatic nitrogens is 3. The molecule has 4 rings (SSSR count). The second kappa shape index (κ2) is 8.95. The number of hydrogen-bond acceptors (Lipinski definition) is 6. The average Bonchev–Trinajstić information content (AvgIpc) is 2.79. The molecule has 1 N–H and O–H groups in total. The van der Waals surface area contributed by atoms with Gasteiger partial charge in [-0.05, 0) is 12.1 Å². The molecule has 168 valence electrons. The summed E-state index contributed by atoms with van der Waals surface area (Å²) < 4.78 is 48.9. The van der Waals surface area contributed by atoms with Crippen LogP contribution in [0.4, 0.5) is 13.2 Å². The van der Waals surface area contributed by atoms with Crippen LogP contribution < -0.4 is 10.3 Å². The Labute approximate surface area is 180 Å². The van der Waals surface area contributed by atoms with Crippen molar-refractivity contribution in [1.82, 2.24) is 20.1 Å². The summed E-state index contributed by atoms with van der Waals surface area (Å²) in [7, 11) is 0. The van der Waals surface area contributed by atoms with Crippen LogP contribution in [0.5, 0.6) is 5.88 Å². The number of morpholine rings is 1. The first-order valence-corrected chi connectivity index (χ1v) is 9.83. The third-order valence-electron chi connectivity index (χ3n) is 5.07. The molecule has 0 radical (unpaired) electrons. The Morgan fingerprint density at radius 3 is 2.72 bits per heavy atom. The average molecular weight is 448 g/mol. The molecule has 1 aromatic carbocycles. The number of ether oxygens (including phenoxy) is 2. The molecule has 11 heteroatoms. The largest absolute Gasteiger partial charge is 0.475 e. The Balaban J connectivity index is 1.36. The summed E-state index contributed by atoms with van der Waals surface area (Å²) in [5.41, 5.74) is -0.713. The predicted molar refractivity (Wildman–Crippen MR) is 107 cm³/mol.